The molecule has 1 aromatic heterocycles. The standard InChI is InChI=1S/C16H9F3N2O2S/c1-20-14(22)9-3-2-4-12-13(9)21(15(20)23)10-7-8(16(17,18)19)5-6-11(10)24-12/h2-7H,1H3. The highest BCUT2D eigenvalue weighted by Crippen LogP contribution is 2.42. The number of halogens is 3. The molecule has 8 heteroatoms. The largest absolute Gasteiger partial charge is 0.416 e. The van der Waals surface area contributed by atoms with E-state index >= 15 is 0 Å². The molecule has 3 aromatic rings. The van der Waals surface area contributed by atoms with E-state index in [0.717, 1.165) is 16.7 Å². The van der Waals surface area contributed by atoms with E-state index < -0.39 is 23.0 Å². The van der Waals surface area contributed by atoms with Gasteiger partial charge in [0.2, 0.25) is 0 Å². The average Bonchev–Trinajstić information content (AvgIpc) is 2.54. The summed E-state index contributed by atoms with van der Waals surface area (Å²) in [5, 5.41) is 0.296. The molecule has 0 N–H and O–H groups in total. The van der Waals surface area contributed by atoms with Gasteiger partial charge in [-0.1, -0.05) is 17.8 Å². The van der Waals surface area contributed by atoms with Crippen molar-refractivity contribution < 1.29 is 13.2 Å². The molecule has 2 heterocycles. The normalized spacial score (nSPS) is 13.2. The number of hydrogen-bond acceptors (Lipinski definition) is 3. The lowest BCUT2D eigenvalue weighted by Gasteiger charge is -2.23. The van der Waals surface area contributed by atoms with E-state index in [2.05, 4.69) is 0 Å². The van der Waals surface area contributed by atoms with Crippen LogP contribution < -0.4 is 11.2 Å². The summed E-state index contributed by atoms with van der Waals surface area (Å²) in [7, 11) is 1.31. The van der Waals surface area contributed by atoms with E-state index in [1.54, 1.807) is 18.2 Å². The molecule has 0 saturated carbocycles. The summed E-state index contributed by atoms with van der Waals surface area (Å²) in [5.74, 6) is 0. The van der Waals surface area contributed by atoms with Crippen LogP contribution in [0.5, 0.6) is 0 Å². The second kappa shape index (κ2) is 4.76. The molecule has 1 aliphatic heterocycles. The molecule has 2 aromatic carbocycles. The molecule has 0 aliphatic carbocycles. The summed E-state index contributed by atoms with van der Waals surface area (Å²) >= 11 is 1.24. The highest BCUT2D eigenvalue weighted by molar-refractivity contribution is 7.99. The summed E-state index contributed by atoms with van der Waals surface area (Å²) in [4.78, 5) is 26.1. The summed E-state index contributed by atoms with van der Waals surface area (Å²) in [6.45, 7) is 0. The smallest absolute Gasteiger partial charge is 0.268 e. The third kappa shape index (κ3) is 1.96. The zero-order valence-corrected chi connectivity index (χ0v) is 13.0. The lowest BCUT2D eigenvalue weighted by Crippen LogP contribution is -2.38. The van der Waals surface area contributed by atoms with Crippen molar-refractivity contribution in [1.29, 1.82) is 0 Å². The van der Waals surface area contributed by atoms with Gasteiger partial charge in [0, 0.05) is 16.8 Å². The Hall–Kier alpha value is -2.48. The highest BCUT2D eigenvalue weighted by Gasteiger charge is 2.32. The fraction of sp³-hybridized carbons (Fsp3) is 0.125. The molecule has 0 spiro atoms. The second-order valence-electron chi connectivity index (χ2n) is 5.42. The van der Waals surface area contributed by atoms with E-state index in [1.165, 1.54) is 29.4 Å². The minimum Gasteiger partial charge on any atom is -0.268 e. The van der Waals surface area contributed by atoms with Crippen molar-refractivity contribution >= 4 is 22.7 Å². The second-order valence-corrected chi connectivity index (χ2v) is 6.50. The number of alkyl halides is 3. The Morgan fingerprint density at radius 1 is 1.04 bits per heavy atom. The molecule has 24 heavy (non-hydrogen) atoms. The quantitative estimate of drug-likeness (QED) is 0.489. The van der Waals surface area contributed by atoms with Gasteiger partial charge in [-0.3, -0.25) is 13.9 Å². The van der Waals surface area contributed by atoms with Crippen LogP contribution in [0.25, 0.3) is 16.6 Å². The molecule has 4 nitrogen and oxygen atoms in total. The molecule has 4 rings (SSSR count). The molecule has 122 valence electrons. The van der Waals surface area contributed by atoms with Gasteiger partial charge in [-0.2, -0.15) is 13.2 Å². The predicted octanol–water partition coefficient (Wildman–Crippen LogP) is 3.17. The summed E-state index contributed by atoms with van der Waals surface area (Å²) in [6.07, 6.45) is -4.51. The summed E-state index contributed by atoms with van der Waals surface area (Å²) < 4.78 is 41.2. The maximum absolute atomic E-state index is 13.0. The fourth-order valence-electron chi connectivity index (χ4n) is 2.82. The Kier molecular flexibility index (Phi) is 2.99. The zero-order chi connectivity index (χ0) is 17.2. The van der Waals surface area contributed by atoms with Crippen LogP contribution in [0.1, 0.15) is 5.56 Å². The van der Waals surface area contributed by atoms with Gasteiger partial charge in [0.25, 0.3) is 5.56 Å². The van der Waals surface area contributed by atoms with Gasteiger partial charge in [-0.15, -0.1) is 0 Å². The SMILES string of the molecule is Cn1c(=O)c2cccc3c2n(c1=O)-c1cc(C(F)(F)F)ccc1S3. The van der Waals surface area contributed by atoms with Crippen LogP contribution >= 0.6 is 11.8 Å². The van der Waals surface area contributed by atoms with Gasteiger partial charge >= 0.3 is 11.9 Å². The predicted molar refractivity (Wildman–Crippen MR) is 83.9 cm³/mol. The number of para-hydroxylation sites is 1. The molecule has 0 fully saturated rings. The topological polar surface area (TPSA) is 44.0 Å². The Morgan fingerprint density at radius 3 is 2.50 bits per heavy atom. The van der Waals surface area contributed by atoms with Gasteiger partial charge in [-0.05, 0) is 30.3 Å². The monoisotopic (exact) mass is 350 g/mol. The van der Waals surface area contributed by atoms with Crippen molar-refractivity contribution in [3.63, 3.8) is 0 Å². The lowest BCUT2D eigenvalue weighted by atomic mass is 10.1. The molecule has 0 bridgehead atoms. The van der Waals surface area contributed by atoms with Crippen molar-refractivity contribution in [2.75, 3.05) is 0 Å². The molecular weight excluding hydrogens is 341 g/mol. The Labute approximate surface area is 137 Å². The Bertz CT molecular complexity index is 1130. The number of rotatable bonds is 0. The van der Waals surface area contributed by atoms with Crippen LogP contribution in [-0.2, 0) is 13.2 Å². The van der Waals surface area contributed by atoms with Crippen LogP contribution in [0.15, 0.2) is 55.8 Å². The van der Waals surface area contributed by atoms with Gasteiger partial charge in [0.15, 0.2) is 0 Å². The number of fused-ring (bicyclic) bond motifs is 2. The first kappa shape index (κ1) is 15.1. The zero-order valence-electron chi connectivity index (χ0n) is 12.2. The summed E-state index contributed by atoms with van der Waals surface area (Å²) in [5.41, 5.74) is -1.48. The van der Waals surface area contributed by atoms with E-state index in [9.17, 15) is 22.8 Å². The van der Waals surface area contributed by atoms with E-state index in [0.29, 0.717) is 20.7 Å². The van der Waals surface area contributed by atoms with E-state index in [4.69, 9.17) is 0 Å². The van der Waals surface area contributed by atoms with Gasteiger partial charge in [0.1, 0.15) is 0 Å². The highest BCUT2D eigenvalue weighted by atomic mass is 32.2. The first-order chi connectivity index (χ1) is 11.3. The van der Waals surface area contributed by atoms with Gasteiger partial charge in [0.05, 0.1) is 22.2 Å². The third-order valence-electron chi connectivity index (χ3n) is 3.98. The van der Waals surface area contributed by atoms with E-state index in [1.807, 2.05) is 0 Å². The van der Waals surface area contributed by atoms with Crippen LogP contribution in [0.4, 0.5) is 13.2 Å². The first-order valence-corrected chi connectivity index (χ1v) is 7.75. The van der Waals surface area contributed by atoms with Gasteiger partial charge in [-0.25, -0.2) is 4.79 Å². The van der Waals surface area contributed by atoms with Crippen LogP contribution in [0.3, 0.4) is 0 Å². The van der Waals surface area contributed by atoms with Crippen LogP contribution in [0.2, 0.25) is 0 Å². The summed E-state index contributed by atoms with van der Waals surface area (Å²) in [6, 6.07) is 8.28. The maximum atomic E-state index is 13.0. The van der Waals surface area contributed by atoms with Crippen molar-refractivity contribution in [2.45, 2.75) is 16.0 Å². The van der Waals surface area contributed by atoms with Crippen molar-refractivity contribution in [1.82, 2.24) is 9.13 Å². The Morgan fingerprint density at radius 2 is 1.79 bits per heavy atom. The molecule has 0 amide bonds. The number of nitrogens with zero attached hydrogens (tertiary/aromatic N) is 2. The third-order valence-corrected chi connectivity index (χ3v) is 5.10. The Balaban J connectivity index is 2.20. The van der Waals surface area contributed by atoms with Crippen molar-refractivity contribution in [3.8, 4) is 5.69 Å². The molecule has 0 radical (unpaired) electrons. The number of benzene rings is 2. The molecule has 0 atom stereocenters. The minimum absolute atomic E-state index is 0.138. The lowest BCUT2D eigenvalue weighted by molar-refractivity contribution is -0.137. The maximum Gasteiger partial charge on any atom is 0.416 e. The molecule has 0 saturated heterocycles. The van der Waals surface area contributed by atoms with Gasteiger partial charge < -0.3 is 0 Å². The molecule has 1 aliphatic rings. The first-order valence-electron chi connectivity index (χ1n) is 6.93. The molecular formula is C16H9F3N2O2S. The number of hydrogen-bond donors (Lipinski definition) is 0. The van der Waals surface area contributed by atoms with Crippen molar-refractivity contribution in [3.05, 3.63) is 62.8 Å². The fourth-order valence-corrected chi connectivity index (χ4v) is 3.89. The minimum atomic E-state index is -4.51. The average molecular weight is 350 g/mol. The number of aromatic nitrogens is 2. The van der Waals surface area contributed by atoms with Crippen molar-refractivity contribution in [2.24, 2.45) is 7.05 Å². The van der Waals surface area contributed by atoms with Crippen LogP contribution in [-0.4, -0.2) is 9.13 Å². The van der Waals surface area contributed by atoms with Crippen LogP contribution in [0, 0.1) is 0 Å². The molecule has 0 unspecified atom stereocenters. The van der Waals surface area contributed by atoms with E-state index in [-0.39, 0.29) is 5.69 Å².